The Bertz CT molecular complexity index is 1060. The third-order valence-corrected chi connectivity index (χ3v) is 5.78. The molecular formula is C24H24F2N2O2. The summed E-state index contributed by atoms with van der Waals surface area (Å²) in [6.07, 6.45) is 0.194. The van der Waals surface area contributed by atoms with Gasteiger partial charge in [-0.05, 0) is 41.8 Å². The van der Waals surface area contributed by atoms with E-state index in [0.717, 1.165) is 6.42 Å². The predicted octanol–water partition coefficient (Wildman–Crippen LogP) is 4.67. The second-order valence-electron chi connectivity index (χ2n) is 7.85. The fourth-order valence-electron chi connectivity index (χ4n) is 4.29. The summed E-state index contributed by atoms with van der Waals surface area (Å²) in [6.45, 7) is 3.44. The standard InChI is InChI=1S/C24H24F2N2O2/c1-15(19-8-4-6-16-5-2-3-7-20(16)19)27-17-9-10-28(14-17)18-11-22(25)21(13-24(29)30)23(26)12-18/h2-8,11-12,15,17,27H,9-10,13-14H2,1H3,(H,29,30)/t15-,17+/m1/s1. The number of halogens is 2. The van der Waals surface area contributed by atoms with Gasteiger partial charge < -0.3 is 15.3 Å². The zero-order valence-electron chi connectivity index (χ0n) is 16.7. The molecule has 1 aliphatic heterocycles. The number of carboxylic acids is 1. The van der Waals surface area contributed by atoms with E-state index in [0.29, 0.717) is 18.8 Å². The van der Waals surface area contributed by atoms with E-state index in [1.165, 1.54) is 28.5 Å². The number of carbonyl (C=O) groups is 1. The van der Waals surface area contributed by atoms with Gasteiger partial charge in [-0.25, -0.2) is 8.78 Å². The average Bonchev–Trinajstić information content (AvgIpc) is 3.18. The lowest BCUT2D eigenvalue weighted by Gasteiger charge is -2.23. The normalized spacial score (nSPS) is 17.4. The van der Waals surface area contributed by atoms with Crippen molar-refractivity contribution in [3.8, 4) is 0 Å². The maximum atomic E-state index is 14.3. The largest absolute Gasteiger partial charge is 0.481 e. The summed E-state index contributed by atoms with van der Waals surface area (Å²) in [5, 5.41) is 14.9. The molecule has 30 heavy (non-hydrogen) atoms. The SMILES string of the molecule is C[C@@H](N[C@H]1CCN(c2cc(F)c(CC(=O)O)c(F)c2)C1)c1cccc2ccccc12. The van der Waals surface area contributed by atoms with Gasteiger partial charge in [-0.3, -0.25) is 4.79 Å². The number of nitrogens with one attached hydrogen (secondary N) is 1. The highest BCUT2D eigenvalue weighted by atomic mass is 19.1. The van der Waals surface area contributed by atoms with E-state index >= 15 is 0 Å². The molecule has 2 N–H and O–H groups in total. The van der Waals surface area contributed by atoms with Crippen molar-refractivity contribution in [2.24, 2.45) is 0 Å². The smallest absolute Gasteiger partial charge is 0.308 e. The molecule has 0 saturated carbocycles. The molecule has 0 spiro atoms. The first-order chi connectivity index (χ1) is 14.4. The first kappa shape index (κ1) is 20.3. The van der Waals surface area contributed by atoms with E-state index in [1.807, 2.05) is 17.0 Å². The van der Waals surface area contributed by atoms with Crippen molar-refractivity contribution in [2.75, 3.05) is 18.0 Å². The summed E-state index contributed by atoms with van der Waals surface area (Å²) in [7, 11) is 0. The number of rotatable bonds is 6. The van der Waals surface area contributed by atoms with E-state index in [9.17, 15) is 13.6 Å². The number of benzene rings is 3. The van der Waals surface area contributed by atoms with Crippen LogP contribution in [0.2, 0.25) is 0 Å². The van der Waals surface area contributed by atoms with E-state index in [-0.39, 0.29) is 12.1 Å². The van der Waals surface area contributed by atoms with Gasteiger partial charge >= 0.3 is 5.97 Å². The first-order valence-electron chi connectivity index (χ1n) is 10.1. The van der Waals surface area contributed by atoms with Gasteiger partial charge in [0.1, 0.15) is 11.6 Å². The fraction of sp³-hybridized carbons (Fsp3) is 0.292. The summed E-state index contributed by atoms with van der Waals surface area (Å²) in [6, 6.07) is 17.3. The van der Waals surface area contributed by atoms with E-state index < -0.39 is 29.6 Å². The molecular weight excluding hydrogens is 386 g/mol. The van der Waals surface area contributed by atoms with Crippen LogP contribution < -0.4 is 10.2 Å². The molecule has 0 bridgehead atoms. The second kappa shape index (κ2) is 8.40. The molecule has 1 heterocycles. The minimum Gasteiger partial charge on any atom is -0.481 e. The lowest BCUT2D eigenvalue weighted by atomic mass is 9.99. The molecule has 0 aliphatic carbocycles. The maximum absolute atomic E-state index is 14.3. The Morgan fingerprint density at radius 1 is 1.17 bits per heavy atom. The number of anilines is 1. The van der Waals surface area contributed by atoms with Gasteiger partial charge in [0.15, 0.2) is 0 Å². The third-order valence-electron chi connectivity index (χ3n) is 5.78. The quantitative estimate of drug-likeness (QED) is 0.620. The Morgan fingerprint density at radius 2 is 1.87 bits per heavy atom. The Balaban J connectivity index is 1.46. The molecule has 1 fully saturated rings. The van der Waals surface area contributed by atoms with Crippen LogP contribution in [0.3, 0.4) is 0 Å². The molecule has 2 atom stereocenters. The topological polar surface area (TPSA) is 52.6 Å². The summed E-state index contributed by atoms with van der Waals surface area (Å²) in [5.41, 5.74) is 1.27. The van der Waals surface area contributed by atoms with Crippen LogP contribution in [0.5, 0.6) is 0 Å². The first-order valence-corrected chi connectivity index (χ1v) is 10.1. The Labute approximate surface area is 174 Å². The summed E-state index contributed by atoms with van der Waals surface area (Å²) >= 11 is 0. The molecule has 0 aromatic heterocycles. The van der Waals surface area contributed by atoms with E-state index in [1.54, 1.807) is 0 Å². The number of fused-ring (bicyclic) bond motifs is 1. The molecule has 0 amide bonds. The van der Waals surface area contributed by atoms with Crippen LogP contribution in [-0.2, 0) is 11.2 Å². The van der Waals surface area contributed by atoms with Crippen molar-refractivity contribution in [2.45, 2.75) is 31.8 Å². The van der Waals surface area contributed by atoms with Gasteiger partial charge in [0.05, 0.1) is 6.42 Å². The average molecular weight is 410 g/mol. The Morgan fingerprint density at radius 3 is 2.60 bits per heavy atom. The van der Waals surface area contributed by atoms with Crippen LogP contribution in [0, 0.1) is 11.6 Å². The van der Waals surface area contributed by atoms with Crippen molar-refractivity contribution in [3.63, 3.8) is 0 Å². The molecule has 0 radical (unpaired) electrons. The van der Waals surface area contributed by atoms with Crippen LogP contribution in [0.15, 0.2) is 54.6 Å². The van der Waals surface area contributed by atoms with Gasteiger partial charge in [0.2, 0.25) is 0 Å². The van der Waals surface area contributed by atoms with Gasteiger partial charge in [0, 0.05) is 36.4 Å². The van der Waals surface area contributed by atoms with Crippen molar-refractivity contribution >= 4 is 22.4 Å². The van der Waals surface area contributed by atoms with E-state index in [4.69, 9.17) is 5.11 Å². The van der Waals surface area contributed by atoms with Crippen LogP contribution in [-0.4, -0.2) is 30.2 Å². The van der Waals surface area contributed by atoms with Crippen LogP contribution in [0.1, 0.15) is 30.5 Å². The Hall–Kier alpha value is -2.99. The molecule has 4 rings (SSSR count). The summed E-state index contributed by atoms with van der Waals surface area (Å²) in [4.78, 5) is 12.7. The molecule has 3 aromatic rings. The van der Waals surface area contributed by atoms with Crippen LogP contribution in [0.4, 0.5) is 14.5 Å². The van der Waals surface area contributed by atoms with E-state index in [2.05, 4.69) is 42.6 Å². The third kappa shape index (κ3) is 4.14. The number of aliphatic carboxylic acids is 1. The highest BCUT2D eigenvalue weighted by Gasteiger charge is 2.26. The number of nitrogens with zero attached hydrogens (tertiary/aromatic N) is 1. The van der Waals surface area contributed by atoms with Crippen molar-refractivity contribution in [1.29, 1.82) is 0 Å². The maximum Gasteiger partial charge on any atom is 0.308 e. The summed E-state index contributed by atoms with van der Waals surface area (Å²) in [5.74, 6) is -2.88. The van der Waals surface area contributed by atoms with Crippen LogP contribution in [0.25, 0.3) is 10.8 Å². The number of hydrogen-bond acceptors (Lipinski definition) is 3. The zero-order valence-corrected chi connectivity index (χ0v) is 16.7. The molecule has 1 saturated heterocycles. The molecule has 156 valence electrons. The highest BCUT2D eigenvalue weighted by Crippen LogP contribution is 2.28. The van der Waals surface area contributed by atoms with Gasteiger partial charge in [-0.2, -0.15) is 0 Å². The van der Waals surface area contributed by atoms with Crippen molar-refractivity contribution < 1.29 is 18.7 Å². The fourth-order valence-corrected chi connectivity index (χ4v) is 4.29. The van der Waals surface area contributed by atoms with Gasteiger partial charge in [-0.15, -0.1) is 0 Å². The predicted molar refractivity (Wildman–Crippen MR) is 114 cm³/mol. The van der Waals surface area contributed by atoms with Crippen molar-refractivity contribution in [3.05, 3.63) is 77.4 Å². The highest BCUT2D eigenvalue weighted by molar-refractivity contribution is 5.86. The minimum absolute atomic E-state index is 0.132. The number of hydrogen-bond donors (Lipinski definition) is 2. The second-order valence-corrected chi connectivity index (χ2v) is 7.85. The summed E-state index contributed by atoms with van der Waals surface area (Å²) < 4.78 is 28.5. The molecule has 3 aromatic carbocycles. The minimum atomic E-state index is -1.26. The molecule has 4 nitrogen and oxygen atoms in total. The van der Waals surface area contributed by atoms with Crippen molar-refractivity contribution in [1.82, 2.24) is 5.32 Å². The van der Waals surface area contributed by atoms with Crippen LogP contribution >= 0.6 is 0 Å². The van der Waals surface area contributed by atoms with Gasteiger partial charge in [0.25, 0.3) is 0 Å². The molecule has 6 heteroatoms. The monoisotopic (exact) mass is 410 g/mol. The molecule has 0 unspecified atom stereocenters. The van der Waals surface area contributed by atoms with Gasteiger partial charge in [-0.1, -0.05) is 42.5 Å². The lowest BCUT2D eigenvalue weighted by Crippen LogP contribution is -2.34. The zero-order chi connectivity index (χ0) is 21.3. The molecule has 1 aliphatic rings. The lowest BCUT2D eigenvalue weighted by molar-refractivity contribution is -0.136. The number of carboxylic acid groups (broad SMARTS) is 1. The Kier molecular flexibility index (Phi) is 5.68.